The highest BCUT2D eigenvalue weighted by Gasteiger charge is 2.31. The number of carbonyl (C=O) groups is 1. The van der Waals surface area contributed by atoms with Gasteiger partial charge in [-0.25, -0.2) is 4.39 Å². The lowest BCUT2D eigenvalue weighted by Crippen LogP contribution is -2.49. The van der Waals surface area contributed by atoms with Crippen LogP contribution in [-0.4, -0.2) is 33.9 Å². The lowest BCUT2D eigenvalue weighted by Gasteiger charge is -2.39. The van der Waals surface area contributed by atoms with Crippen molar-refractivity contribution in [2.75, 3.05) is 13.1 Å². The molecule has 116 valence electrons. The summed E-state index contributed by atoms with van der Waals surface area (Å²) in [5, 5.41) is 0.780. The quantitative estimate of drug-likeness (QED) is 0.809. The van der Waals surface area contributed by atoms with Gasteiger partial charge in [0.2, 0.25) is 5.91 Å². The normalized spacial score (nSPS) is 14.9. The van der Waals surface area contributed by atoms with Crippen LogP contribution in [0.4, 0.5) is 4.39 Å². The maximum Gasteiger partial charge on any atom is 0.227 e. The number of nitrogens with zero attached hydrogens (tertiary/aromatic N) is 2. The van der Waals surface area contributed by atoms with Crippen molar-refractivity contribution in [2.45, 2.75) is 12.3 Å². The first-order valence-corrected chi connectivity index (χ1v) is 7.64. The van der Waals surface area contributed by atoms with Gasteiger partial charge < -0.3 is 9.88 Å². The van der Waals surface area contributed by atoms with E-state index in [9.17, 15) is 9.18 Å². The summed E-state index contributed by atoms with van der Waals surface area (Å²) < 4.78 is 13.4. The number of halogens is 1. The Hall–Kier alpha value is -2.69. The number of aromatic amines is 1. The van der Waals surface area contributed by atoms with E-state index in [0.29, 0.717) is 12.3 Å². The number of hydrogen-bond acceptors (Lipinski definition) is 2. The topological polar surface area (TPSA) is 49.0 Å². The highest BCUT2D eigenvalue weighted by molar-refractivity contribution is 5.89. The van der Waals surface area contributed by atoms with E-state index in [1.54, 1.807) is 18.5 Å². The third kappa shape index (κ3) is 2.59. The van der Waals surface area contributed by atoms with Crippen LogP contribution in [0.15, 0.2) is 48.9 Å². The highest BCUT2D eigenvalue weighted by atomic mass is 19.1. The second-order valence-electron chi connectivity index (χ2n) is 5.96. The number of amides is 1. The minimum Gasteiger partial charge on any atom is -0.361 e. The highest BCUT2D eigenvalue weighted by Crippen LogP contribution is 2.28. The molecule has 1 aliphatic heterocycles. The fraction of sp³-hybridized carbons (Fsp3) is 0.222. The van der Waals surface area contributed by atoms with E-state index < -0.39 is 0 Å². The number of carbonyl (C=O) groups excluding carboxylic acids is 1. The average Bonchev–Trinajstić information content (AvgIpc) is 2.89. The summed E-state index contributed by atoms with van der Waals surface area (Å²) in [6.45, 7) is 1.45. The SMILES string of the molecule is O=C(Cc1c[nH]c2ccc(F)cc12)N1CC(c2cccnc2)C1. The Morgan fingerprint density at radius 2 is 2.22 bits per heavy atom. The van der Waals surface area contributed by atoms with E-state index in [2.05, 4.69) is 9.97 Å². The molecule has 4 rings (SSSR count). The first kappa shape index (κ1) is 13.9. The number of pyridine rings is 1. The third-order valence-corrected chi connectivity index (χ3v) is 4.46. The molecule has 0 radical (unpaired) electrons. The maximum atomic E-state index is 13.4. The van der Waals surface area contributed by atoms with E-state index in [0.717, 1.165) is 29.6 Å². The van der Waals surface area contributed by atoms with Gasteiger partial charge in [-0.15, -0.1) is 0 Å². The lowest BCUT2D eigenvalue weighted by atomic mass is 9.92. The molecule has 5 heteroatoms. The van der Waals surface area contributed by atoms with Gasteiger partial charge in [0.1, 0.15) is 5.82 Å². The number of aromatic nitrogens is 2. The van der Waals surface area contributed by atoms with Gasteiger partial charge in [0.25, 0.3) is 0 Å². The zero-order valence-corrected chi connectivity index (χ0v) is 12.5. The molecule has 3 heterocycles. The second-order valence-corrected chi connectivity index (χ2v) is 5.96. The standard InChI is InChI=1S/C18H16FN3O/c19-15-3-4-17-16(7-15)13(9-21-17)6-18(23)22-10-14(11-22)12-2-1-5-20-8-12/h1-5,7-9,14,21H,6,10-11H2. The van der Waals surface area contributed by atoms with Crippen molar-refractivity contribution in [3.8, 4) is 0 Å². The van der Waals surface area contributed by atoms with Gasteiger partial charge >= 0.3 is 0 Å². The first-order valence-electron chi connectivity index (χ1n) is 7.64. The minimum absolute atomic E-state index is 0.0790. The van der Waals surface area contributed by atoms with E-state index >= 15 is 0 Å². The molecule has 0 spiro atoms. The summed E-state index contributed by atoms with van der Waals surface area (Å²) in [5.41, 5.74) is 2.87. The summed E-state index contributed by atoms with van der Waals surface area (Å²) in [5.74, 6) is 0.162. The van der Waals surface area contributed by atoms with Gasteiger partial charge in [0.05, 0.1) is 6.42 Å². The van der Waals surface area contributed by atoms with Gasteiger partial charge in [-0.3, -0.25) is 9.78 Å². The molecule has 0 saturated carbocycles. The fourth-order valence-corrected chi connectivity index (χ4v) is 3.08. The Morgan fingerprint density at radius 3 is 3.00 bits per heavy atom. The summed E-state index contributed by atoms with van der Waals surface area (Å²) in [6.07, 6.45) is 5.69. The number of H-pyrrole nitrogens is 1. The molecule has 1 fully saturated rings. The van der Waals surface area contributed by atoms with Crippen LogP contribution in [0.1, 0.15) is 17.0 Å². The molecule has 0 unspecified atom stereocenters. The molecular weight excluding hydrogens is 293 g/mol. The largest absolute Gasteiger partial charge is 0.361 e. The van der Waals surface area contributed by atoms with Crippen LogP contribution in [0, 0.1) is 5.82 Å². The number of rotatable bonds is 3. The minimum atomic E-state index is -0.286. The van der Waals surface area contributed by atoms with Crippen molar-refractivity contribution in [3.05, 3.63) is 65.9 Å². The third-order valence-electron chi connectivity index (χ3n) is 4.46. The zero-order chi connectivity index (χ0) is 15.8. The molecule has 1 amide bonds. The van der Waals surface area contributed by atoms with Crippen molar-refractivity contribution in [1.82, 2.24) is 14.9 Å². The van der Waals surface area contributed by atoms with Crippen LogP contribution in [0.5, 0.6) is 0 Å². The fourth-order valence-electron chi connectivity index (χ4n) is 3.08. The van der Waals surface area contributed by atoms with Crippen LogP contribution in [-0.2, 0) is 11.2 Å². The number of hydrogen-bond donors (Lipinski definition) is 1. The van der Waals surface area contributed by atoms with Crippen molar-refractivity contribution < 1.29 is 9.18 Å². The monoisotopic (exact) mass is 309 g/mol. The predicted molar refractivity (Wildman–Crippen MR) is 85.5 cm³/mol. The summed E-state index contributed by atoms with van der Waals surface area (Å²) in [7, 11) is 0. The summed E-state index contributed by atoms with van der Waals surface area (Å²) in [6, 6.07) is 8.55. The van der Waals surface area contributed by atoms with Gasteiger partial charge in [0, 0.05) is 48.5 Å². The van der Waals surface area contributed by atoms with Gasteiger partial charge in [-0.05, 0) is 35.4 Å². The summed E-state index contributed by atoms with van der Waals surface area (Å²) >= 11 is 0. The maximum absolute atomic E-state index is 13.4. The molecule has 1 aromatic carbocycles. The van der Waals surface area contributed by atoms with E-state index in [4.69, 9.17) is 0 Å². The Labute approximate surface area is 133 Å². The Kier molecular flexibility index (Phi) is 3.33. The summed E-state index contributed by atoms with van der Waals surface area (Å²) in [4.78, 5) is 21.4. The van der Waals surface area contributed by atoms with E-state index in [-0.39, 0.29) is 11.7 Å². The Bertz CT molecular complexity index is 853. The van der Waals surface area contributed by atoms with E-state index in [1.165, 1.54) is 17.7 Å². The van der Waals surface area contributed by atoms with Crippen LogP contribution in [0.25, 0.3) is 10.9 Å². The van der Waals surface area contributed by atoms with Gasteiger partial charge in [-0.2, -0.15) is 0 Å². The van der Waals surface area contributed by atoms with Crippen LogP contribution in [0.2, 0.25) is 0 Å². The molecule has 1 saturated heterocycles. The van der Waals surface area contributed by atoms with Gasteiger partial charge in [-0.1, -0.05) is 6.07 Å². The van der Waals surface area contributed by atoms with Crippen LogP contribution < -0.4 is 0 Å². The second kappa shape index (κ2) is 5.50. The molecular formula is C18H16FN3O. The molecule has 2 aromatic heterocycles. The molecule has 1 N–H and O–H groups in total. The number of fused-ring (bicyclic) bond motifs is 1. The number of nitrogens with one attached hydrogen (secondary N) is 1. The molecule has 23 heavy (non-hydrogen) atoms. The number of benzene rings is 1. The predicted octanol–water partition coefficient (Wildman–Crippen LogP) is 2.87. The van der Waals surface area contributed by atoms with Crippen molar-refractivity contribution in [3.63, 3.8) is 0 Å². The van der Waals surface area contributed by atoms with Crippen molar-refractivity contribution in [1.29, 1.82) is 0 Å². The molecule has 4 nitrogen and oxygen atoms in total. The Morgan fingerprint density at radius 1 is 1.35 bits per heavy atom. The van der Waals surface area contributed by atoms with Gasteiger partial charge in [0.15, 0.2) is 0 Å². The lowest BCUT2D eigenvalue weighted by molar-refractivity contribution is -0.134. The molecule has 0 aliphatic carbocycles. The van der Waals surface area contributed by atoms with Crippen molar-refractivity contribution >= 4 is 16.8 Å². The Balaban J connectivity index is 1.44. The average molecular weight is 309 g/mol. The first-order chi connectivity index (χ1) is 11.2. The molecule has 0 bridgehead atoms. The molecule has 0 atom stereocenters. The molecule has 3 aromatic rings. The molecule has 1 aliphatic rings. The number of likely N-dealkylation sites (tertiary alicyclic amines) is 1. The van der Waals surface area contributed by atoms with E-state index in [1.807, 2.05) is 23.2 Å². The smallest absolute Gasteiger partial charge is 0.227 e. The zero-order valence-electron chi connectivity index (χ0n) is 12.5. The van der Waals surface area contributed by atoms with Crippen molar-refractivity contribution in [2.24, 2.45) is 0 Å². The van der Waals surface area contributed by atoms with Crippen LogP contribution in [0.3, 0.4) is 0 Å². The van der Waals surface area contributed by atoms with Crippen LogP contribution >= 0.6 is 0 Å².